The van der Waals surface area contributed by atoms with Crippen LogP contribution in [0.5, 0.6) is 0 Å². The van der Waals surface area contributed by atoms with Gasteiger partial charge in [0.1, 0.15) is 17.0 Å². The maximum atomic E-state index is 12.7. The Morgan fingerprint density at radius 1 is 1.19 bits per heavy atom. The van der Waals surface area contributed by atoms with Crippen molar-refractivity contribution in [1.29, 1.82) is 0 Å². The first-order chi connectivity index (χ1) is 12.6. The van der Waals surface area contributed by atoms with Gasteiger partial charge in [-0.15, -0.1) is 0 Å². The summed E-state index contributed by atoms with van der Waals surface area (Å²) in [5.74, 6) is -0.299. The molecule has 0 atom stereocenters. The van der Waals surface area contributed by atoms with E-state index in [-0.39, 0.29) is 23.6 Å². The summed E-state index contributed by atoms with van der Waals surface area (Å²) in [7, 11) is 1.67. The summed E-state index contributed by atoms with van der Waals surface area (Å²) in [5.41, 5.74) is 2.19. The third kappa shape index (κ3) is 4.29. The number of imidazole rings is 1. The Bertz CT molecular complexity index is 909. The van der Waals surface area contributed by atoms with Gasteiger partial charge in [0, 0.05) is 32.5 Å². The number of fused-ring (bicyclic) bond motifs is 1. The Morgan fingerprint density at radius 3 is 2.81 bits per heavy atom. The lowest BCUT2D eigenvalue weighted by atomic mass is 10.1. The molecule has 3 aromatic heterocycles. The Balaban J connectivity index is 1.74. The van der Waals surface area contributed by atoms with Crippen molar-refractivity contribution in [1.82, 2.24) is 14.4 Å². The highest BCUT2D eigenvalue weighted by molar-refractivity contribution is 5.95. The molecule has 3 heterocycles. The number of carbonyl (C=O) groups excluding carboxylic acids is 1. The Kier molecular flexibility index (Phi) is 5.68. The van der Waals surface area contributed by atoms with E-state index in [1.54, 1.807) is 7.11 Å². The molecule has 0 unspecified atom stereocenters. The molecule has 26 heavy (non-hydrogen) atoms. The van der Waals surface area contributed by atoms with Crippen molar-refractivity contribution in [2.24, 2.45) is 0 Å². The number of ketones is 1. The van der Waals surface area contributed by atoms with E-state index in [0.717, 1.165) is 29.7 Å². The topological polar surface area (TPSA) is 56.5 Å². The molecule has 5 nitrogen and oxygen atoms in total. The third-order valence-corrected chi connectivity index (χ3v) is 3.99. The van der Waals surface area contributed by atoms with Crippen molar-refractivity contribution in [3.63, 3.8) is 0 Å². The monoisotopic (exact) mass is 359 g/mol. The predicted octanol–water partition coefficient (Wildman–Crippen LogP) is 3.67. The summed E-state index contributed by atoms with van der Waals surface area (Å²) in [5, 5.41) is 0. The molecular weight excluding hydrogens is 340 g/mol. The standard InChI is InChI=1S/C19H19F2N3O2/c1-26-9-3-4-14-12-24-11-13(7-8-18(24)22-14)10-17(25)15-5-2-6-16(23-15)19(20)21/h2,5-8,11-12,19H,3-4,9-10H2,1H3. The summed E-state index contributed by atoms with van der Waals surface area (Å²) in [4.78, 5) is 20.6. The van der Waals surface area contributed by atoms with Crippen LogP contribution in [0.3, 0.4) is 0 Å². The van der Waals surface area contributed by atoms with E-state index in [0.29, 0.717) is 6.61 Å². The zero-order valence-corrected chi connectivity index (χ0v) is 14.4. The largest absolute Gasteiger partial charge is 0.385 e. The molecular formula is C19H19F2N3O2. The number of ether oxygens (including phenoxy) is 1. The minimum Gasteiger partial charge on any atom is -0.385 e. The maximum Gasteiger partial charge on any atom is 0.280 e. The second-order valence-corrected chi connectivity index (χ2v) is 5.98. The van der Waals surface area contributed by atoms with Crippen molar-refractivity contribution in [3.05, 3.63) is 65.4 Å². The van der Waals surface area contributed by atoms with E-state index in [1.165, 1.54) is 18.2 Å². The van der Waals surface area contributed by atoms with E-state index in [4.69, 9.17) is 4.74 Å². The number of hydrogen-bond acceptors (Lipinski definition) is 4. The van der Waals surface area contributed by atoms with Crippen LogP contribution in [0.4, 0.5) is 8.78 Å². The summed E-state index contributed by atoms with van der Waals surface area (Å²) >= 11 is 0. The number of aromatic nitrogens is 3. The highest BCUT2D eigenvalue weighted by Gasteiger charge is 2.14. The van der Waals surface area contributed by atoms with Gasteiger partial charge in [0.05, 0.1) is 5.69 Å². The quantitative estimate of drug-likeness (QED) is 0.455. The summed E-state index contributed by atoms with van der Waals surface area (Å²) in [6, 6.07) is 7.75. The van der Waals surface area contributed by atoms with Crippen LogP contribution in [0.25, 0.3) is 5.65 Å². The average Bonchev–Trinajstić information content (AvgIpc) is 3.04. The SMILES string of the molecule is COCCCc1cn2cc(CC(=O)c3cccc(C(F)F)n3)ccc2n1. The fourth-order valence-electron chi connectivity index (χ4n) is 2.72. The van der Waals surface area contributed by atoms with Crippen LogP contribution >= 0.6 is 0 Å². The van der Waals surface area contributed by atoms with Gasteiger partial charge >= 0.3 is 0 Å². The molecule has 0 bridgehead atoms. The lowest BCUT2D eigenvalue weighted by molar-refractivity contribution is 0.0986. The van der Waals surface area contributed by atoms with Crippen molar-refractivity contribution in [2.75, 3.05) is 13.7 Å². The van der Waals surface area contributed by atoms with Crippen molar-refractivity contribution < 1.29 is 18.3 Å². The highest BCUT2D eigenvalue weighted by Crippen LogP contribution is 2.17. The van der Waals surface area contributed by atoms with Gasteiger partial charge in [0.15, 0.2) is 5.78 Å². The number of rotatable bonds is 8. The normalized spacial score (nSPS) is 11.4. The highest BCUT2D eigenvalue weighted by atomic mass is 19.3. The molecule has 3 aromatic rings. The molecule has 0 saturated heterocycles. The summed E-state index contributed by atoms with van der Waals surface area (Å²) in [6.07, 6.45) is 2.85. The molecule has 0 aliphatic rings. The number of aryl methyl sites for hydroxylation is 1. The number of nitrogens with zero attached hydrogens (tertiary/aromatic N) is 3. The van der Waals surface area contributed by atoms with Gasteiger partial charge in [-0.2, -0.15) is 0 Å². The van der Waals surface area contributed by atoms with Crippen molar-refractivity contribution >= 4 is 11.4 Å². The average molecular weight is 359 g/mol. The zero-order valence-electron chi connectivity index (χ0n) is 14.4. The molecule has 0 radical (unpaired) electrons. The molecule has 0 aromatic carbocycles. The molecule has 0 spiro atoms. The Hall–Kier alpha value is -2.67. The number of pyridine rings is 2. The van der Waals surface area contributed by atoms with Crippen LogP contribution in [-0.4, -0.2) is 33.9 Å². The second kappa shape index (κ2) is 8.14. The number of hydrogen-bond donors (Lipinski definition) is 0. The van der Waals surface area contributed by atoms with Gasteiger partial charge in [-0.1, -0.05) is 12.1 Å². The predicted molar refractivity (Wildman–Crippen MR) is 92.6 cm³/mol. The Labute approximate surface area is 149 Å². The molecule has 0 N–H and O–H groups in total. The first kappa shape index (κ1) is 18.1. The molecule has 0 aliphatic heterocycles. The van der Waals surface area contributed by atoms with Gasteiger partial charge in [0.25, 0.3) is 6.43 Å². The molecule has 0 aliphatic carbocycles. The zero-order chi connectivity index (χ0) is 18.5. The minimum absolute atomic E-state index is 0.0498. The van der Waals surface area contributed by atoms with Crippen LogP contribution in [0.2, 0.25) is 0 Å². The molecule has 0 saturated carbocycles. The number of alkyl halides is 2. The fourth-order valence-corrected chi connectivity index (χ4v) is 2.72. The van der Waals surface area contributed by atoms with E-state index in [2.05, 4.69) is 9.97 Å². The molecule has 7 heteroatoms. The van der Waals surface area contributed by atoms with Crippen LogP contribution in [0.15, 0.2) is 42.7 Å². The van der Waals surface area contributed by atoms with Crippen molar-refractivity contribution in [2.45, 2.75) is 25.7 Å². The van der Waals surface area contributed by atoms with E-state index in [9.17, 15) is 13.6 Å². The van der Waals surface area contributed by atoms with Crippen LogP contribution in [0.1, 0.15) is 40.3 Å². The molecule has 0 fully saturated rings. The van der Waals surface area contributed by atoms with Gasteiger partial charge in [-0.3, -0.25) is 4.79 Å². The fraction of sp³-hybridized carbons (Fsp3) is 0.316. The van der Waals surface area contributed by atoms with Gasteiger partial charge in [-0.25, -0.2) is 18.7 Å². The molecule has 136 valence electrons. The minimum atomic E-state index is -2.69. The van der Waals surface area contributed by atoms with Crippen LogP contribution in [0, 0.1) is 0 Å². The van der Waals surface area contributed by atoms with E-state index < -0.39 is 6.43 Å². The number of methoxy groups -OCH3 is 1. The number of carbonyl (C=O) groups is 1. The smallest absolute Gasteiger partial charge is 0.280 e. The lowest BCUT2D eigenvalue weighted by Gasteiger charge is -2.04. The van der Waals surface area contributed by atoms with Crippen molar-refractivity contribution in [3.8, 4) is 0 Å². The first-order valence-electron chi connectivity index (χ1n) is 8.30. The summed E-state index contributed by atoms with van der Waals surface area (Å²) in [6.45, 7) is 0.679. The van der Waals surface area contributed by atoms with E-state index >= 15 is 0 Å². The second-order valence-electron chi connectivity index (χ2n) is 5.98. The van der Waals surface area contributed by atoms with E-state index in [1.807, 2.05) is 28.9 Å². The first-order valence-corrected chi connectivity index (χ1v) is 8.30. The maximum absolute atomic E-state index is 12.7. The van der Waals surface area contributed by atoms with Crippen LogP contribution in [-0.2, 0) is 17.6 Å². The number of halogens is 2. The molecule has 3 rings (SSSR count). The lowest BCUT2D eigenvalue weighted by Crippen LogP contribution is -2.08. The van der Waals surface area contributed by atoms with Crippen LogP contribution < -0.4 is 0 Å². The van der Waals surface area contributed by atoms with Gasteiger partial charge in [-0.05, 0) is 36.6 Å². The van der Waals surface area contributed by atoms with Gasteiger partial charge < -0.3 is 9.14 Å². The number of Topliss-reactive ketones (excluding diaryl/α,β-unsaturated/α-hetero) is 1. The Morgan fingerprint density at radius 2 is 2.04 bits per heavy atom. The van der Waals surface area contributed by atoms with Gasteiger partial charge in [0.2, 0.25) is 0 Å². The third-order valence-electron chi connectivity index (χ3n) is 3.99. The summed E-state index contributed by atoms with van der Waals surface area (Å²) < 4.78 is 32.4. The molecule has 0 amide bonds.